The Balaban J connectivity index is 2.38. The summed E-state index contributed by atoms with van der Waals surface area (Å²) in [5.74, 6) is 1.03. The maximum absolute atomic E-state index is 9.48. The SMILES string of the molecule is COC(c1noc(-c2cc(O)ccc2Cl)n1)C(C)C. The van der Waals surface area contributed by atoms with Gasteiger partial charge in [-0.15, -0.1) is 0 Å². The maximum atomic E-state index is 9.48. The first kappa shape index (κ1) is 13.8. The molecule has 0 saturated heterocycles. The lowest BCUT2D eigenvalue weighted by atomic mass is 10.1. The lowest BCUT2D eigenvalue weighted by molar-refractivity contribution is 0.0556. The van der Waals surface area contributed by atoms with Crippen LogP contribution in [0.3, 0.4) is 0 Å². The quantitative estimate of drug-likeness (QED) is 0.930. The topological polar surface area (TPSA) is 68.4 Å². The molecule has 0 aliphatic heterocycles. The largest absolute Gasteiger partial charge is 0.508 e. The first-order chi connectivity index (χ1) is 9.02. The van der Waals surface area contributed by atoms with Crippen molar-refractivity contribution >= 4 is 11.6 Å². The van der Waals surface area contributed by atoms with Crippen LogP contribution in [0.2, 0.25) is 5.02 Å². The van der Waals surface area contributed by atoms with Crippen LogP contribution in [0.4, 0.5) is 0 Å². The van der Waals surface area contributed by atoms with Crippen LogP contribution in [-0.4, -0.2) is 22.4 Å². The Morgan fingerprint density at radius 1 is 1.37 bits per heavy atom. The summed E-state index contributed by atoms with van der Waals surface area (Å²) in [6, 6.07) is 4.55. The average molecular weight is 283 g/mol. The zero-order valence-corrected chi connectivity index (χ0v) is 11.7. The Labute approximate surface area is 116 Å². The highest BCUT2D eigenvalue weighted by atomic mass is 35.5. The molecule has 0 amide bonds. The standard InChI is InChI=1S/C13H15ClN2O3/c1-7(2)11(18-3)12-15-13(19-16-12)9-6-8(17)4-5-10(9)14/h4-7,11,17H,1-3H3. The minimum Gasteiger partial charge on any atom is -0.508 e. The van der Waals surface area contributed by atoms with Gasteiger partial charge in [-0.3, -0.25) is 0 Å². The van der Waals surface area contributed by atoms with E-state index in [4.69, 9.17) is 20.9 Å². The highest BCUT2D eigenvalue weighted by Gasteiger charge is 2.22. The molecule has 1 atom stereocenters. The Hall–Kier alpha value is -1.59. The zero-order valence-electron chi connectivity index (χ0n) is 10.9. The number of methoxy groups -OCH3 is 1. The van der Waals surface area contributed by atoms with Gasteiger partial charge in [0.2, 0.25) is 5.82 Å². The second-order valence-electron chi connectivity index (χ2n) is 4.52. The molecule has 2 aromatic rings. The lowest BCUT2D eigenvalue weighted by Crippen LogP contribution is -2.10. The number of phenolic OH excluding ortho intramolecular Hbond substituents is 1. The van der Waals surface area contributed by atoms with Gasteiger partial charge >= 0.3 is 0 Å². The number of hydrogen-bond donors (Lipinski definition) is 1. The second kappa shape index (κ2) is 5.59. The molecule has 1 unspecified atom stereocenters. The zero-order chi connectivity index (χ0) is 14.0. The second-order valence-corrected chi connectivity index (χ2v) is 4.93. The maximum Gasteiger partial charge on any atom is 0.259 e. The van der Waals surface area contributed by atoms with Crippen LogP contribution in [-0.2, 0) is 4.74 Å². The van der Waals surface area contributed by atoms with E-state index in [1.54, 1.807) is 13.2 Å². The van der Waals surface area contributed by atoms with Gasteiger partial charge in [0.25, 0.3) is 5.89 Å². The molecule has 0 spiro atoms. The average Bonchev–Trinajstić information content (AvgIpc) is 2.82. The van der Waals surface area contributed by atoms with Crippen molar-refractivity contribution in [3.05, 3.63) is 29.0 Å². The van der Waals surface area contributed by atoms with Gasteiger partial charge in [0, 0.05) is 7.11 Å². The van der Waals surface area contributed by atoms with Crippen molar-refractivity contribution < 1.29 is 14.4 Å². The Bertz CT molecular complexity index is 569. The Kier molecular flexibility index (Phi) is 4.07. The number of aromatic nitrogens is 2. The number of aromatic hydroxyl groups is 1. The highest BCUT2D eigenvalue weighted by molar-refractivity contribution is 6.33. The fraction of sp³-hybridized carbons (Fsp3) is 0.385. The van der Waals surface area contributed by atoms with Crippen LogP contribution in [0.5, 0.6) is 5.75 Å². The molecule has 1 aromatic heterocycles. The molecule has 19 heavy (non-hydrogen) atoms. The van der Waals surface area contributed by atoms with E-state index in [0.717, 1.165) is 0 Å². The number of nitrogens with zero attached hydrogens (tertiary/aromatic N) is 2. The Morgan fingerprint density at radius 3 is 2.74 bits per heavy atom. The number of halogens is 1. The van der Waals surface area contributed by atoms with Gasteiger partial charge in [0.1, 0.15) is 11.9 Å². The van der Waals surface area contributed by atoms with Crippen LogP contribution in [0, 0.1) is 5.92 Å². The molecule has 0 radical (unpaired) electrons. The smallest absolute Gasteiger partial charge is 0.259 e. The van der Waals surface area contributed by atoms with Gasteiger partial charge in [-0.05, 0) is 24.1 Å². The molecule has 2 rings (SSSR count). The van der Waals surface area contributed by atoms with E-state index in [9.17, 15) is 5.11 Å². The third-order valence-corrected chi connectivity index (χ3v) is 3.07. The summed E-state index contributed by atoms with van der Waals surface area (Å²) < 4.78 is 10.5. The predicted octanol–water partition coefficient (Wildman–Crippen LogP) is 3.44. The summed E-state index contributed by atoms with van der Waals surface area (Å²) >= 11 is 6.05. The van der Waals surface area contributed by atoms with Gasteiger partial charge in [0.05, 0.1) is 10.6 Å². The van der Waals surface area contributed by atoms with Crippen molar-refractivity contribution in [1.29, 1.82) is 0 Å². The van der Waals surface area contributed by atoms with E-state index >= 15 is 0 Å². The molecule has 1 aromatic carbocycles. The minimum atomic E-state index is -0.242. The van der Waals surface area contributed by atoms with E-state index in [-0.39, 0.29) is 23.7 Å². The highest BCUT2D eigenvalue weighted by Crippen LogP contribution is 2.31. The van der Waals surface area contributed by atoms with Crippen molar-refractivity contribution in [1.82, 2.24) is 10.1 Å². The summed E-state index contributed by atoms with van der Waals surface area (Å²) in [7, 11) is 1.60. The molecule has 0 aliphatic carbocycles. The molecule has 1 heterocycles. The van der Waals surface area contributed by atoms with Gasteiger partial charge in [-0.1, -0.05) is 30.6 Å². The van der Waals surface area contributed by atoms with E-state index < -0.39 is 0 Å². The number of ether oxygens (including phenoxy) is 1. The van der Waals surface area contributed by atoms with Crippen molar-refractivity contribution in [3.63, 3.8) is 0 Å². The monoisotopic (exact) mass is 282 g/mol. The van der Waals surface area contributed by atoms with E-state index in [2.05, 4.69) is 10.1 Å². The molecule has 5 nitrogen and oxygen atoms in total. The first-order valence-electron chi connectivity index (χ1n) is 5.88. The number of rotatable bonds is 4. The summed E-state index contributed by atoms with van der Waals surface area (Å²) in [5.41, 5.74) is 0.499. The molecule has 0 bridgehead atoms. The number of benzene rings is 1. The normalized spacial score (nSPS) is 12.9. The minimum absolute atomic E-state index is 0.0892. The molecule has 0 aliphatic rings. The fourth-order valence-corrected chi connectivity index (χ4v) is 2.01. The van der Waals surface area contributed by atoms with Crippen molar-refractivity contribution in [3.8, 4) is 17.2 Å². The Morgan fingerprint density at radius 2 is 2.11 bits per heavy atom. The van der Waals surface area contributed by atoms with Gasteiger partial charge in [0.15, 0.2) is 0 Å². The lowest BCUT2D eigenvalue weighted by Gasteiger charge is -2.14. The van der Waals surface area contributed by atoms with Crippen LogP contribution < -0.4 is 0 Å². The molecule has 0 fully saturated rings. The van der Waals surface area contributed by atoms with Crippen molar-refractivity contribution in [2.75, 3.05) is 7.11 Å². The van der Waals surface area contributed by atoms with Gasteiger partial charge < -0.3 is 14.4 Å². The van der Waals surface area contributed by atoms with E-state index in [1.807, 2.05) is 13.8 Å². The number of phenols is 1. The molecule has 6 heteroatoms. The third-order valence-electron chi connectivity index (χ3n) is 2.74. The van der Waals surface area contributed by atoms with E-state index in [1.165, 1.54) is 12.1 Å². The van der Waals surface area contributed by atoms with Crippen LogP contribution in [0.25, 0.3) is 11.5 Å². The van der Waals surface area contributed by atoms with Crippen LogP contribution in [0.15, 0.2) is 22.7 Å². The fourth-order valence-electron chi connectivity index (χ4n) is 1.81. The summed E-state index contributed by atoms with van der Waals surface area (Å²) in [6.45, 7) is 4.01. The number of hydrogen-bond acceptors (Lipinski definition) is 5. The van der Waals surface area contributed by atoms with Gasteiger partial charge in [-0.25, -0.2) is 0 Å². The predicted molar refractivity (Wildman–Crippen MR) is 71.0 cm³/mol. The van der Waals surface area contributed by atoms with Crippen molar-refractivity contribution in [2.24, 2.45) is 5.92 Å². The first-order valence-corrected chi connectivity index (χ1v) is 6.26. The summed E-state index contributed by atoms with van der Waals surface area (Å²) in [6.07, 6.45) is -0.242. The van der Waals surface area contributed by atoms with E-state index in [0.29, 0.717) is 16.4 Å². The molecule has 1 N–H and O–H groups in total. The molecular weight excluding hydrogens is 268 g/mol. The molecular formula is C13H15ClN2O3. The van der Waals surface area contributed by atoms with Gasteiger partial charge in [-0.2, -0.15) is 4.98 Å². The molecule has 102 valence electrons. The molecule has 0 saturated carbocycles. The van der Waals surface area contributed by atoms with Crippen LogP contribution in [0.1, 0.15) is 25.8 Å². The van der Waals surface area contributed by atoms with Crippen LogP contribution >= 0.6 is 11.6 Å². The third kappa shape index (κ3) is 2.88. The summed E-state index contributed by atoms with van der Waals surface area (Å²) in [5, 5.41) is 13.8. The summed E-state index contributed by atoms with van der Waals surface area (Å²) in [4.78, 5) is 4.28. The van der Waals surface area contributed by atoms with Crippen molar-refractivity contribution in [2.45, 2.75) is 20.0 Å².